The second-order valence-corrected chi connectivity index (χ2v) is 5.00. The summed E-state index contributed by atoms with van der Waals surface area (Å²) in [6, 6.07) is 3.11. The Bertz CT molecular complexity index is 429. The summed E-state index contributed by atoms with van der Waals surface area (Å²) in [6.07, 6.45) is 5.55. The third-order valence-corrected chi connectivity index (χ3v) is 3.40. The Labute approximate surface area is 119 Å². The second-order valence-electron chi connectivity index (χ2n) is 5.00. The number of hydrogen-bond acceptors (Lipinski definition) is 5. The zero-order valence-electron chi connectivity index (χ0n) is 11.8. The summed E-state index contributed by atoms with van der Waals surface area (Å²) in [5, 5.41) is 2.68. The van der Waals surface area contributed by atoms with Crippen molar-refractivity contribution in [1.29, 1.82) is 0 Å². The molecule has 0 spiro atoms. The second kappa shape index (κ2) is 7.21. The molecule has 1 saturated heterocycles. The standard InChI is InChI=1S/C14H22N4O2/c1-20-10-12(15)14(19)17-13-6-5-11(9-16-13)18-7-3-2-4-8-18/h5-6,9,12H,2-4,7-8,10,15H2,1H3,(H,16,17,19). The van der Waals surface area contributed by atoms with Crippen LogP contribution in [0, 0.1) is 0 Å². The third kappa shape index (κ3) is 3.91. The van der Waals surface area contributed by atoms with E-state index < -0.39 is 6.04 Å². The van der Waals surface area contributed by atoms with Crippen LogP contribution in [0.15, 0.2) is 18.3 Å². The summed E-state index contributed by atoms with van der Waals surface area (Å²) >= 11 is 0. The number of hydrogen-bond donors (Lipinski definition) is 2. The zero-order valence-corrected chi connectivity index (χ0v) is 11.8. The van der Waals surface area contributed by atoms with Gasteiger partial charge in [0.05, 0.1) is 18.5 Å². The number of nitrogens with two attached hydrogens (primary N) is 1. The molecule has 0 aliphatic carbocycles. The number of pyridine rings is 1. The number of nitrogens with zero attached hydrogens (tertiary/aromatic N) is 2. The zero-order chi connectivity index (χ0) is 14.4. The van der Waals surface area contributed by atoms with Crippen molar-refractivity contribution >= 4 is 17.4 Å². The predicted molar refractivity (Wildman–Crippen MR) is 78.8 cm³/mol. The lowest BCUT2D eigenvalue weighted by molar-refractivity contribution is -0.118. The van der Waals surface area contributed by atoms with Crippen LogP contribution in [0.25, 0.3) is 0 Å². The van der Waals surface area contributed by atoms with Crippen LogP contribution in [-0.4, -0.2) is 43.7 Å². The molecule has 1 aliphatic heterocycles. The van der Waals surface area contributed by atoms with Crippen LogP contribution >= 0.6 is 0 Å². The molecule has 3 N–H and O–H groups in total. The summed E-state index contributed by atoms with van der Waals surface area (Å²) in [4.78, 5) is 18.3. The number of rotatable bonds is 5. The molecule has 0 bridgehead atoms. The lowest BCUT2D eigenvalue weighted by atomic mass is 10.1. The molecule has 0 saturated carbocycles. The quantitative estimate of drug-likeness (QED) is 0.839. The molecule has 2 rings (SSSR count). The first-order valence-electron chi connectivity index (χ1n) is 6.97. The molecule has 0 aromatic carbocycles. The molecule has 0 radical (unpaired) electrons. The van der Waals surface area contributed by atoms with Gasteiger partial charge in [-0.25, -0.2) is 4.98 Å². The van der Waals surface area contributed by atoms with Gasteiger partial charge in [-0.1, -0.05) is 0 Å². The number of ether oxygens (including phenoxy) is 1. The molecular weight excluding hydrogens is 256 g/mol. The Morgan fingerprint density at radius 1 is 1.45 bits per heavy atom. The van der Waals surface area contributed by atoms with E-state index in [1.54, 1.807) is 12.3 Å². The summed E-state index contributed by atoms with van der Waals surface area (Å²) < 4.78 is 4.85. The van der Waals surface area contributed by atoms with E-state index in [9.17, 15) is 4.79 Å². The lowest BCUT2D eigenvalue weighted by Crippen LogP contribution is -2.39. The van der Waals surface area contributed by atoms with Crippen molar-refractivity contribution in [2.75, 3.05) is 37.0 Å². The summed E-state index contributed by atoms with van der Waals surface area (Å²) in [5.41, 5.74) is 6.75. The number of methoxy groups -OCH3 is 1. The summed E-state index contributed by atoms with van der Waals surface area (Å²) in [7, 11) is 1.51. The smallest absolute Gasteiger partial charge is 0.244 e. The number of nitrogens with one attached hydrogen (secondary N) is 1. The predicted octanol–water partition coefficient (Wildman–Crippen LogP) is 0.984. The minimum absolute atomic E-state index is 0.192. The fourth-order valence-electron chi connectivity index (χ4n) is 2.27. The van der Waals surface area contributed by atoms with Gasteiger partial charge in [-0.05, 0) is 31.4 Å². The summed E-state index contributed by atoms with van der Waals surface area (Å²) in [6.45, 7) is 2.34. The lowest BCUT2D eigenvalue weighted by Gasteiger charge is -2.28. The monoisotopic (exact) mass is 278 g/mol. The van der Waals surface area contributed by atoms with Crippen molar-refractivity contribution in [1.82, 2.24) is 4.98 Å². The topological polar surface area (TPSA) is 80.5 Å². The number of aromatic nitrogens is 1. The molecule has 1 amide bonds. The normalized spacial score (nSPS) is 16.8. The Morgan fingerprint density at radius 3 is 2.80 bits per heavy atom. The minimum atomic E-state index is -0.677. The SMILES string of the molecule is COCC(N)C(=O)Nc1ccc(N2CCCCC2)cn1. The van der Waals surface area contributed by atoms with Gasteiger partial charge < -0.3 is 20.7 Å². The number of carbonyl (C=O) groups excluding carboxylic acids is 1. The molecule has 1 atom stereocenters. The average Bonchev–Trinajstić information content (AvgIpc) is 2.49. The maximum absolute atomic E-state index is 11.7. The van der Waals surface area contributed by atoms with Gasteiger partial charge in [0.2, 0.25) is 5.91 Å². The van der Waals surface area contributed by atoms with Gasteiger partial charge in [-0.3, -0.25) is 4.79 Å². The van der Waals surface area contributed by atoms with Crippen LogP contribution in [0.5, 0.6) is 0 Å². The summed E-state index contributed by atoms with van der Waals surface area (Å²) in [5.74, 6) is 0.229. The van der Waals surface area contributed by atoms with Gasteiger partial charge >= 0.3 is 0 Å². The first kappa shape index (κ1) is 14.7. The first-order valence-corrected chi connectivity index (χ1v) is 6.97. The van der Waals surface area contributed by atoms with Crippen molar-refractivity contribution < 1.29 is 9.53 Å². The van der Waals surface area contributed by atoms with E-state index in [2.05, 4.69) is 15.2 Å². The number of amides is 1. The van der Waals surface area contributed by atoms with E-state index in [4.69, 9.17) is 10.5 Å². The molecule has 1 aromatic rings. The molecule has 2 heterocycles. The van der Waals surface area contributed by atoms with Gasteiger partial charge in [0.25, 0.3) is 0 Å². The highest BCUT2D eigenvalue weighted by atomic mass is 16.5. The highest BCUT2D eigenvalue weighted by Crippen LogP contribution is 2.19. The van der Waals surface area contributed by atoms with E-state index in [1.165, 1.54) is 26.4 Å². The fraction of sp³-hybridized carbons (Fsp3) is 0.571. The molecule has 6 nitrogen and oxygen atoms in total. The van der Waals surface area contributed by atoms with Gasteiger partial charge in [-0.15, -0.1) is 0 Å². The number of anilines is 2. The van der Waals surface area contributed by atoms with Gasteiger partial charge in [0.1, 0.15) is 11.9 Å². The Hall–Kier alpha value is -1.66. The first-order chi connectivity index (χ1) is 9.70. The molecule has 110 valence electrons. The van der Waals surface area contributed by atoms with E-state index in [1.807, 2.05) is 6.07 Å². The largest absolute Gasteiger partial charge is 0.383 e. The van der Waals surface area contributed by atoms with E-state index in [0.717, 1.165) is 18.8 Å². The molecular formula is C14H22N4O2. The van der Waals surface area contributed by atoms with Crippen molar-refractivity contribution in [3.8, 4) is 0 Å². The maximum atomic E-state index is 11.7. The van der Waals surface area contributed by atoms with Crippen LogP contribution in [0.1, 0.15) is 19.3 Å². The van der Waals surface area contributed by atoms with Gasteiger partial charge in [0, 0.05) is 20.2 Å². The van der Waals surface area contributed by atoms with Crippen molar-refractivity contribution in [3.05, 3.63) is 18.3 Å². The minimum Gasteiger partial charge on any atom is -0.383 e. The van der Waals surface area contributed by atoms with Crippen LogP contribution in [0.4, 0.5) is 11.5 Å². The average molecular weight is 278 g/mol. The highest BCUT2D eigenvalue weighted by molar-refractivity contribution is 5.94. The molecule has 1 fully saturated rings. The van der Waals surface area contributed by atoms with Crippen LogP contribution in [0.3, 0.4) is 0 Å². The fourth-order valence-corrected chi connectivity index (χ4v) is 2.27. The maximum Gasteiger partial charge on any atom is 0.244 e. The number of carbonyl (C=O) groups is 1. The van der Waals surface area contributed by atoms with E-state index >= 15 is 0 Å². The van der Waals surface area contributed by atoms with Gasteiger partial charge in [-0.2, -0.15) is 0 Å². The van der Waals surface area contributed by atoms with Crippen LogP contribution < -0.4 is 16.0 Å². The van der Waals surface area contributed by atoms with E-state index in [0.29, 0.717) is 5.82 Å². The Balaban J connectivity index is 1.92. The van der Waals surface area contributed by atoms with Gasteiger partial charge in [0.15, 0.2) is 0 Å². The molecule has 1 aromatic heterocycles. The number of piperidine rings is 1. The van der Waals surface area contributed by atoms with Crippen LogP contribution in [-0.2, 0) is 9.53 Å². The molecule has 1 unspecified atom stereocenters. The van der Waals surface area contributed by atoms with Crippen molar-refractivity contribution in [3.63, 3.8) is 0 Å². The molecule has 6 heteroatoms. The third-order valence-electron chi connectivity index (χ3n) is 3.40. The Morgan fingerprint density at radius 2 is 2.20 bits per heavy atom. The molecule has 20 heavy (non-hydrogen) atoms. The van der Waals surface area contributed by atoms with Crippen molar-refractivity contribution in [2.24, 2.45) is 5.73 Å². The van der Waals surface area contributed by atoms with E-state index in [-0.39, 0.29) is 12.5 Å². The van der Waals surface area contributed by atoms with Crippen LogP contribution in [0.2, 0.25) is 0 Å². The van der Waals surface area contributed by atoms with Crippen molar-refractivity contribution in [2.45, 2.75) is 25.3 Å². The highest BCUT2D eigenvalue weighted by Gasteiger charge is 2.14. The molecule has 1 aliphatic rings. The Kier molecular flexibility index (Phi) is 5.31.